The van der Waals surface area contributed by atoms with E-state index in [2.05, 4.69) is 40.6 Å². The van der Waals surface area contributed by atoms with Crippen molar-refractivity contribution in [2.24, 2.45) is 0 Å². The molecule has 226 valence electrons. The highest BCUT2D eigenvalue weighted by molar-refractivity contribution is 6.31. The van der Waals surface area contributed by atoms with E-state index in [1.54, 1.807) is 30.2 Å². The van der Waals surface area contributed by atoms with E-state index in [1.165, 1.54) is 6.20 Å². The van der Waals surface area contributed by atoms with Crippen molar-refractivity contribution in [1.29, 1.82) is 0 Å². The number of benzene rings is 1. The van der Waals surface area contributed by atoms with E-state index in [0.717, 1.165) is 56.0 Å². The van der Waals surface area contributed by atoms with Gasteiger partial charge in [0.05, 0.1) is 47.6 Å². The summed E-state index contributed by atoms with van der Waals surface area (Å²) in [5.74, 6) is -1.12. The number of amides is 1. The molecule has 4 aromatic rings. The Labute approximate surface area is 250 Å². The topological polar surface area (TPSA) is 134 Å². The van der Waals surface area contributed by atoms with E-state index < -0.39 is 35.4 Å². The lowest BCUT2D eigenvalue weighted by Gasteiger charge is -2.25. The van der Waals surface area contributed by atoms with Gasteiger partial charge in [0.1, 0.15) is 5.69 Å². The SMILES string of the molecule is CC(O)CNCC1CCCN1c1ncc(Cn2cc(NC(=O)c3cncc(-c4c(C(F)F)ccc(Cl)c4F)n3)cn2)cn1. The van der Waals surface area contributed by atoms with Crippen LogP contribution >= 0.6 is 11.6 Å². The van der Waals surface area contributed by atoms with Crippen molar-refractivity contribution in [3.05, 3.63) is 77.0 Å². The van der Waals surface area contributed by atoms with E-state index in [-0.39, 0.29) is 22.5 Å². The molecule has 4 heterocycles. The molecule has 5 rings (SSSR count). The van der Waals surface area contributed by atoms with Gasteiger partial charge in [0.2, 0.25) is 5.95 Å². The van der Waals surface area contributed by atoms with Gasteiger partial charge in [-0.3, -0.25) is 14.5 Å². The molecule has 3 aromatic heterocycles. The number of anilines is 2. The van der Waals surface area contributed by atoms with Crippen LogP contribution in [0.25, 0.3) is 11.3 Å². The van der Waals surface area contributed by atoms with Crippen LogP contribution in [-0.4, -0.2) is 72.5 Å². The zero-order valence-electron chi connectivity index (χ0n) is 23.1. The summed E-state index contributed by atoms with van der Waals surface area (Å²) < 4.78 is 43.3. The van der Waals surface area contributed by atoms with Gasteiger partial charge in [0.15, 0.2) is 5.82 Å². The molecule has 3 N–H and O–H groups in total. The van der Waals surface area contributed by atoms with Crippen LogP contribution in [0.2, 0.25) is 5.02 Å². The Morgan fingerprint density at radius 2 is 1.98 bits per heavy atom. The van der Waals surface area contributed by atoms with E-state index in [1.807, 2.05) is 0 Å². The third-order valence-electron chi connectivity index (χ3n) is 6.87. The fourth-order valence-corrected chi connectivity index (χ4v) is 5.01. The van der Waals surface area contributed by atoms with Gasteiger partial charge >= 0.3 is 0 Å². The zero-order chi connectivity index (χ0) is 30.5. The molecule has 43 heavy (non-hydrogen) atoms. The van der Waals surface area contributed by atoms with Crippen molar-refractivity contribution < 1.29 is 23.1 Å². The van der Waals surface area contributed by atoms with E-state index in [4.69, 9.17) is 11.6 Å². The Bertz CT molecular complexity index is 1570. The van der Waals surface area contributed by atoms with Crippen LogP contribution in [0.3, 0.4) is 0 Å². The van der Waals surface area contributed by atoms with Crippen LogP contribution in [0.1, 0.15) is 47.8 Å². The minimum Gasteiger partial charge on any atom is -0.392 e. The van der Waals surface area contributed by atoms with Gasteiger partial charge in [0, 0.05) is 61.0 Å². The van der Waals surface area contributed by atoms with Gasteiger partial charge in [-0.1, -0.05) is 17.7 Å². The number of carbonyl (C=O) groups excluding carboxylic acids is 1. The van der Waals surface area contributed by atoms with Crippen LogP contribution in [0, 0.1) is 5.82 Å². The molecule has 0 aliphatic carbocycles. The maximum atomic E-state index is 14.7. The van der Waals surface area contributed by atoms with Gasteiger partial charge in [-0.25, -0.2) is 28.1 Å². The lowest BCUT2D eigenvalue weighted by molar-refractivity contribution is 0.102. The van der Waals surface area contributed by atoms with Gasteiger partial charge in [-0.2, -0.15) is 5.10 Å². The molecule has 1 saturated heterocycles. The fourth-order valence-electron chi connectivity index (χ4n) is 4.85. The zero-order valence-corrected chi connectivity index (χ0v) is 23.8. The average Bonchev–Trinajstić information content (AvgIpc) is 3.64. The number of aromatic nitrogens is 6. The first-order chi connectivity index (χ1) is 20.7. The van der Waals surface area contributed by atoms with Crippen LogP contribution in [-0.2, 0) is 6.54 Å². The van der Waals surface area contributed by atoms with Crippen LogP contribution in [0.5, 0.6) is 0 Å². The Kier molecular flexibility index (Phi) is 9.48. The molecule has 2 atom stereocenters. The monoisotopic (exact) mass is 615 g/mol. The highest BCUT2D eigenvalue weighted by Crippen LogP contribution is 2.35. The smallest absolute Gasteiger partial charge is 0.275 e. The first-order valence-electron chi connectivity index (χ1n) is 13.6. The molecular weight excluding hydrogens is 587 g/mol. The number of aliphatic hydroxyl groups is 1. The molecule has 2 unspecified atom stereocenters. The van der Waals surface area contributed by atoms with Crippen molar-refractivity contribution in [3.8, 4) is 11.3 Å². The molecule has 1 amide bonds. The third-order valence-corrected chi connectivity index (χ3v) is 7.16. The highest BCUT2D eigenvalue weighted by atomic mass is 35.5. The normalized spacial score (nSPS) is 15.7. The summed E-state index contributed by atoms with van der Waals surface area (Å²) in [6.45, 7) is 4.21. The quantitative estimate of drug-likeness (QED) is 0.228. The average molecular weight is 616 g/mol. The Morgan fingerprint density at radius 3 is 2.72 bits per heavy atom. The van der Waals surface area contributed by atoms with Gasteiger partial charge in [-0.15, -0.1) is 0 Å². The van der Waals surface area contributed by atoms with E-state index in [0.29, 0.717) is 24.7 Å². The minimum absolute atomic E-state index is 0.213. The summed E-state index contributed by atoms with van der Waals surface area (Å²) in [5.41, 5.74) is -0.448. The molecule has 0 radical (unpaired) electrons. The summed E-state index contributed by atoms with van der Waals surface area (Å²) in [6.07, 6.45) is 7.37. The van der Waals surface area contributed by atoms with Crippen molar-refractivity contribution in [2.75, 3.05) is 29.9 Å². The summed E-state index contributed by atoms with van der Waals surface area (Å²) in [5, 5.41) is 19.3. The predicted molar refractivity (Wildman–Crippen MR) is 154 cm³/mol. The number of hydrogen-bond acceptors (Lipinski definition) is 9. The van der Waals surface area contributed by atoms with Crippen LogP contribution < -0.4 is 15.5 Å². The fraction of sp³-hybridized carbons (Fsp3) is 0.357. The molecular formula is C28H29ClF3N9O2. The van der Waals surface area contributed by atoms with Crippen molar-refractivity contribution in [3.63, 3.8) is 0 Å². The second-order valence-electron chi connectivity index (χ2n) is 10.2. The van der Waals surface area contributed by atoms with Crippen LogP contribution in [0.4, 0.5) is 24.8 Å². The number of nitrogens with one attached hydrogen (secondary N) is 2. The standard InChI is InChI=1S/C28H29ClF3N9O2/c1-16(42)7-33-11-19-3-2-6-41(19)28-35-8-17(9-36-28)14-40-15-18(10-37-40)38-27(43)23-13-34-12-22(39-23)24-20(26(31)32)4-5-21(29)25(24)30/h4-5,8-10,12-13,15-16,19,26,33,42H,2-3,6-7,11,14H2,1H3,(H,38,43). The van der Waals surface area contributed by atoms with Crippen molar-refractivity contribution in [1.82, 2.24) is 35.0 Å². The maximum absolute atomic E-state index is 14.7. The van der Waals surface area contributed by atoms with Crippen LogP contribution in [0.15, 0.2) is 49.3 Å². The Hall–Kier alpha value is -4.14. The van der Waals surface area contributed by atoms with Gasteiger partial charge in [-0.05, 0) is 25.8 Å². The lowest BCUT2D eigenvalue weighted by Crippen LogP contribution is -2.40. The molecule has 1 aromatic carbocycles. The Morgan fingerprint density at radius 1 is 1.19 bits per heavy atom. The number of alkyl halides is 2. The molecule has 1 fully saturated rings. The molecule has 0 spiro atoms. The third kappa shape index (κ3) is 7.27. The van der Waals surface area contributed by atoms with Crippen molar-refractivity contribution in [2.45, 2.75) is 44.9 Å². The summed E-state index contributed by atoms with van der Waals surface area (Å²) in [6, 6.07) is 2.30. The molecule has 1 aliphatic rings. The maximum Gasteiger partial charge on any atom is 0.275 e. The highest BCUT2D eigenvalue weighted by Gasteiger charge is 2.26. The summed E-state index contributed by atoms with van der Waals surface area (Å²) >= 11 is 5.80. The van der Waals surface area contributed by atoms with E-state index >= 15 is 0 Å². The predicted octanol–water partition coefficient (Wildman–Crippen LogP) is 4.10. The molecule has 15 heteroatoms. The van der Waals surface area contributed by atoms with Crippen molar-refractivity contribution >= 4 is 29.1 Å². The number of carbonyl (C=O) groups is 1. The summed E-state index contributed by atoms with van der Waals surface area (Å²) in [4.78, 5) is 32.0. The number of rotatable bonds is 11. The molecule has 0 bridgehead atoms. The van der Waals surface area contributed by atoms with Gasteiger partial charge in [0.25, 0.3) is 12.3 Å². The second-order valence-corrected chi connectivity index (χ2v) is 10.6. The molecule has 11 nitrogen and oxygen atoms in total. The number of halogens is 4. The number of aliphatic hydroxyl groups excluding tert-OH is 1. The largest absolute Gasteiger partial charge is 0.392 e. The second kappa shape index (κ2) is 13.4. The lowest BCUT2D eigenvalue weighted by atomic mass is 10.0. The number of hydrogen-bond donors (Lipinski definition) is 3. The Balaban J connectivity index is 1.22. The van der Waals surface area contributed by atoms with E-state index in [9.17, 15) is 23.1 Å². The first kappa shape index (κ1) is 30.3. The van der Waals surface area contributed by atoms with Gasteiger partial charge < -0.3 is 20.6 Å². The first-order valence-corrected chi connectivity index (χ1v) is 14.0. The molecule has 1 aliphatic heterocycles. The molecule has 0 saturated carbocycles. The summed E-state index contributed by atoms with van der Waals surface area (Å²) in [7, 11) is 0. The number of nitrogens with zero attached hydrogens (tertiary/aromatic N) is 7. The minimum atomic E-state index is -2.99.